The van der Waals surface area contributed by atoms with E-state index in [-0.39, 0.29) is 0 Å². The van der Waals surface area contributed by atoms with E-state index in [0.717, 1.165) is 17.8 Å². The van der Waals surface area contributed by atoms with Crippen molar-refractivity contribution in [2.75, 3.05) is 0 Å². The van der Waals surface area contributed by atoms with Gasteiger partial charge in [0, 0.05) is 23.8 Å². The first-order valence-corrected chi connectivity index (χ1v) is 8.80. The number of rotatable bonds is 5. The Morgan fingerprint density at radius 2 is 1.96 bits per heavy atom. The quantitative estimate of drug-likeness (QED) is 0.537. The summed E-state index contributed by atoms with van der Waals surface area (Å²) in [5.74, 6) is 0.679. The molecule has 0 bridgehead atoms. The van der Waals surface area contributed by atoms with Crippen molar-refractivity contribution in [1.29, 1.82) is 0 Å². The summed E-state index contributed by atoms with van der Waals surface area (Å²) in [6.07, 6.45) is 4.09. The van der Waals surface area contributed by atoms with E-state index in [2.05, 4.69) is 49.4 Å². The van der Waals surface area contributed by atoms with Gasteiger partial charge >= 0.3 is 0 Å². The fourth-order valence-electron chi connectivity index (χ4n) is 2.98. The number of aromatic nitrogens is 2. The fraction of sp³-hybridized carbons (Fsp3) is 0.286. The monoisotopic (exact) mass is 354 g/mol. The Kier molecular flexibility index (Phi) is 5.14. The number of benzene rings is 1. The zero-order valence-corrected chi connectivity index (χ0v) is 15.9. The molecule has 0 saturated heterocycles. The maximum absolute atomic E-state index is 6.20. The van der Waals surface area contributed by atoms with Crippen molar-refractivity contribution in [2.45, 2.75) is 40.8 Å². The number of aryl methyl sites for hydroxylation is 1. The Morgan fingerprint density at radius 3 is 2.68 bits per heavy atom. The predicted octanol–water partition coefficient (Wildman–Crippen LogP) is 5.85. The SMILES string of the molecule is CC(C)=CCn1c(C)c(C)c2ccnc(COc3ccccc3Cl)c21. The van der Waals surface area contributed by atoms with Crippen molar-refractivity contribution >= 4 is 22.5 Å². The van der Waals surface area contributed by atoms with Crippen LogP contribution in [0.1, 0.15) is 30.8 Å². The number of pyridine rings is 1. The van der Waals surface area contributed by atoms with Crippen molar-refractivity contribution in [3.8, 4) is 5.75 Å². The van der Waals surface area contributed by atoms with Gasteiger partial charge in [0.05, 0.1) is 10.5 Å². The summed E-state index contributed by atoms with van der Waals surface area (Å²) in [7, 11) is 0. The van der Waals surface area contributed by atoms with Crippen LogP contribution in [0, 0.1) is 13.8 Å². The van der Waals surface area contributed by atoms with Crippen molar-refractivity contribution in [3.63, 3.8) is 0 Å². The molecule has 0 unspecified atom stereocenters. The summed E-state index contributed by atoms with van der Waals surface area (Å²) < 4.78 is 8.25. The van der Waals surface area contributed by atoms with Gasteiger partial charge in [0.1, 0.15) is 18.1 Å². The van der Waals surface area contributed by atoms with Crippen LogP contribution in [0.5, 0.6) is 5.75 Å². The zero-order chi connectivity index (χ0) is 18.0. The van der Waals surface area contributed by atoms with Gasteiger partial charge < -0.3 is 9.30 Å². The molecular weight excluding hydrogens is 332 g/mol. The Labute approximate surface area is 153 Å². The third-order valence-corrected chi connectivity index (χ3v) is 4.82. The molecule has 3 nitrogen and oxygen atoms in total. The molecule has 0 atom stereocenters. The average molecular weight is 355 g/mol. The van der Waals surface area contributed by atoms with Crippen LogP contribution in [-0.4, -0.2) is 9.55 Å². The van der Waals surface area contributed by atoms with E-state index in [4.69, 9.17) is 16.3 Å². The van der Waals surface area contributed by atoms with Crippen LogP contribution in [0.4, 0.5) is 0 Å². The molecule has 2 aromatic heterocycles. The number of ether oxygens (including phenoxy) is 1. The average Bonchev–Trinajstić information content (AvgIpc) is 2.84. The third-order valence-electron chi connectivity index (χ3n) is 4.50. The molecule has 0 fully saturated rings. The number of hydrogen-bond acceptors (Lipinski definition) is 2. The first-order valence-electron chi connectivity index (χ1n) is 8.43. The molecule has 130 valence electrons. The maximum Gasteiger partial charge on any atom is 0.138 e. The van der Waals surface area contributed by atoms with Gasteiger partial charge in [-0.05, 0) is 51.5 Å². The lowest BCUT2D eigenvalue weighted by atomic mass is 10.2. The van der Waals surface area contributed by atoms with Gasteiger partial charge in [-0.2, -0.15) is 0 Å². The van der Waals surface area contributed by atoms with Crippen molar-refractivity contribution in [2.24, 2.45) is 0 Å². The summed E-state index contributed by atoms with van der Waals surface area (Å²) >= 11 is 6.20. The number of halogens is 1. The van der Waals surface area contributed by atoms with Crippen LogP contribution in [0.2, 0.25) is 5.02 Å². The molecule has 25 heavy (non-hydrogen) atoms. The summed E-state index contributed by atoms with van der Waals surface area (Å²) in [5, 5.41) is 1.84. The molecule has 0 spiro atoms. The van der Waals surface area contributed by atoms with Crippen LogP contribution < -0.4 is 4.74 Å². The van der Waals surface area contributed by atoms with E-state index in [0.29, 0.717) is 17.4 Å². The third kappa shape index (κ3) is 3.57. The highest BCUT2D eigenvalue weighted by atomic mass is 35.5. The molecule has 0 aliphatic carbocycles. The molecule has 0 aliphatic rings. The van der Waals surface area contributed by atoms with E-state index in [1.165, 1.54) is 22.2 Å². The minimum absolute atomic E-state index is 0.388. The second kappa shape index (κ2) is 7.32. The maximum atomic E-state index is 6.20. The van der Waals surface area contributed by atoms with Crippen LogP contribution >= 0.6 is 11.6 Å². The van der Waals surface area contributed by atoms with Crippen LogP contribution in [0.15, 0.2) is 48.2 Å². The predicted molar refractivity (Wildman–Crippen MR) is 104 cm³/mol. The summed E-state index contributed by atoms with van der Waals surface area (Å²) in [5.41, 5.74) is 5.92. The molecule has 0 radical (unpaired) electrons. The first kappa shape index (κ1) is 17.6. The van der Waals surface area contributed by atoms with E-state index in [9.17, 15) is 0 Å². The number of nitrogens with zero attached hydrogens (tertiary/aromatic N) is 2. The van der Waals surface area contributed by atoms with Gasteiger partial charge in [-0.3, -0.25) is 4.98 Å². The molecule has 4 heteroatoms. The van der Waals surface area contributed by atoms with E-state index < -0.39 is 0 Å². The number of allylic oxidation sites excluding steroid dienone is 2. The molecule has 0 saturated carbocycles. The number of para-hydroxylation sites is 1. The lowest BCUT2D eigenvalue weighted by Gasteiger charge is -2.11. The largest absolute Gasteiger partial charge is 0.486 e. The molecule has 2 heterocycles. The lowest BCUT2D eigenvalue weighted by Crippen LogP contribution is -2.05. The summed E-state index contributed by atoms with van der Waals surface area (Å²) in [4.78, 5) is 4.58. The standard InChI is InChI=1S/C21H23ClN2O/c1-14(2)10-12-24-16(4)15(3)17-9-11-23-19(21(17)24)13-25-20-8-6-5-7-18(20)22/h5-11H,12-13H2,1-4H3. The van der Waals surface area contributed by atoms with Gasteiger partial charge in [0.2, 0.25) is 0 Å². The molecule has 1 aromatic carbocycles. The van der Waals surface area contributed by atoms with Crippen molar-refractivity contribution in [3.05, 3.63) is 70.2 Å². The minimum Gasteiger partial charge on any atom is -0.486 e. The molecule has 0 amide bonds. The Hall–Kier alpha value is -2.26. The second-order valence-electron chi connectivity index (χ2n) is 6.48. The van der Waals surface area contributed by atoms with E-state index >= 15 is 0 Å². The smallest absolute Gasteiger partial charge is 0.138 e. The van der Waals surface area contributed by atoms with Gasteiger partial charge in [0.15, 0.2) is 0 Å². The summed E-state index contributed by atoms with van der Waals surface area (Å²) in [6, 6.07) is 9.60. The van der Waals surface area contributed by atoms with Crippen molar-refractivity contribution in [1.82, 2.24) is 9.55 Å². The lowest BCUT2D eigenvalue weighted by molar-refractivity contribution is 0.302. The number of hydrogen-bond donors (Lipinski definition) is 0. The highest BCUT2D eigenvalue weighted by Gasteiger charge is 2.15. The van der Waals surface area contributed by atoms with E-state index in [1.54, 1.807) is 0 Å². The highest BCUT2D eigenvalue weighted by Crippen LogP contribution is 2.29. The van der Waals surface area contributed by atoms with Gasteiger partial charge in [0.25, 0.3) is 0 Å². The molecular formula is C21H23ClN2O. The molecule has 0 aliphatic heterocycles. The van der Waals surface area contributed by atoms with Gasteiger partial charge in [-0.1, -0.05) is 35.4 Å². The van der Waals surface area contributed by atoms with Crippen molar-refractivity contribution < 1.29 is 4.74 Å². The second-order valence-corrected chi connectivity index (χ2v) is 6.88. The number of fused-ring (bicyclic) bond motifs is 1. The first-order chi connectivity index (χ1) is 12.0. The minimum atomic E-state index is 0.388. The normalized spacial score (nSPS) is 10.9. The molecule has 0 N–H and O–H groups in total. The zero-order valence-electron chi connectivity index (χ0n) is 15.1. The van der Waals surface area contributed by atoms with Crippen LogP contribution in [0.3, 0.4) is 0 Å². The topological polar surface area (TPSA) is 27.1 Å². The Balaban J connectivity index is 2.02. The molecule has 3 aromatic rings. The van der Waals surface area contributed by atoms with E-state index in [1.807, 2.05) is 30.5 Å². The summed E-state index contributed by atoms with van der Waals surface area (Å²) in [6.45, 7) is 9.78. The van der Waals surface area contributed by atoms with Gasteiger partial charge in [-0.15, -0.1) is 0 Å². The fourth-order valence-corrected chi connectivity index (χ4v) is 3.17. The van der Waals surface area contributed by atoms with Crippen LogP contribution in [-0.2, 0) is 13.2 Å². The van der Waals surface area contributed by atoms with Gasteiger partial charge in [-0.25, -0.2) is 0 Å². The molecule has 3 rings (SSSR count). The Morgan fingerprint density at radius 1 is 1.20 bits per heavy atom. The van der Waals surface area contributed by atoms with Crippen LogP contribution in [0.25, 0.3) is 10.9 Å². The Bertz CT molecular complexity index is 936. The highest BCUT2D eigenvalue weighted by molar-refractivity contribution is 6.32.